The molecular formula is C22H26FNO. The van der Waals surface area contributed by atoms with Crippen molar-refractivity contribution in [1.29, 1.82) is 0 Å². The largest absolute Gasteiger partial charge is 0.295 e. The number of hydrogen-bond donors (Lipinski definition) is 0. The van der Waals surface area contributed by atoms with Gasteiger partial charge in [-0.25, -0.2) is 4.39 Å². The third-order valence-corrected chi connectivity index (χ3v) is 5.34. The maximum absolute atomic E-state index is 13.6. The third kappa shape index (κ3) is 3.82. The van der Waals surface area contributed by atoms with Crippen LogP contribution in [0, 0.1) is 18.2 Å². The van der Waals surface area contributed by atoms with Gasteiger partial charge >= 0.3 is 0 Å². The number of carbonyl (C=O) groups excluding carboxylic acids is 1. The van der Waals surface area contributed by atoms with E-state index in [-0.39, 0.29) is 17.0 Å². The first-order valence-electron chi connectivity index (χ1n) is 8.87. The molecule has 1 heterocycles. The van der Waals surface area contributed by atoms with Gasteiger partial charge in [-0.2, -0.15) is 0 Å². The third-order valence-electron chi connectivity index (χ3n) is 5.34. The minimum atomic E-state index is -0.271. The molecule has 0 bridgehead atoms. The molecule has 1 atom stereocenters. The lowest BCUT2D eigenvalue weighted by Crippen LogP contribution is -2.56. The van der Waals surface area contributed by atoms with Gasteiger partial charge < -0.3 is 0 Å². The molecule has 0 amide bonds. The van der Waals surface area contributed by atoms with Crippen LogP contribution in [-0.2, 0) is 6.42 Å². The van der Waals surface area contributed by atoms with E-state index in [1.807, 2.05) is 0 Å². The topological polar surface area (TPSA) is 20.3 Å². The number of hydrogen-bond acceptors (Lipinski definition) is 2. The van der Waals surface area contributed by atoms with Gasteiger partial charge in [0.05, 0.1) is 0 Å². The Balaban J connectivity index is 1.69. The van der Waals surface area contributed by atoms with E-state index in [0.717, 1.165) is 25.1 Å². The Morgan fingerprint density at radius 2 is 1.84 bits per heavy atom. The van der Waals surface area contributed by atoms with Gasteiger partial charge in [0.25, 0.3) is 0 Å². The Kier molecular flexibility index (Phi) is 4.79. The summed E-state index contributed by atoms with van der Waals surface area (Å²) < 4.78 is 13.6. The minimum Gasteiger partial charge on any atom is -0.295 e. The van der Waals surface area contributed by atoms with Gasteiger partial charge in [-0.15, -0.1) is 0 Å². The summed E-state index contributed by atoms with van der Waals surface area (Å²) in [5.41, 5.74) is 4.15. The van der Waals surface area contributed by atoms with Gasteiger partial charge in [0.2, 0.25) is 0 Å². The quantitative estimate of drug-likeness (QED) is 0.718. The number of benzene rings is 2. The highest BCUT2D eigenvalue weighted by Crippen LogP contribution is 2.39. The summed E-state index contributed by atoms with van der Waals surface area (Å²) in [6.45, 7) is 10.0. The molecule has 3 rings (SSSR count). The van der Waals surface area contributed by atoms with Crippen LogP contribution in [0.2, 0.25) is 0 Å². The normalized spacial score (nSPS) is 17.8. The molecule has 1 fully saturated rings. The van der Waals surface area contributed by atoms with E-state index in [4.69, 9.17) is 0 Å². The fourth-order valence-electron chi connectivity index (χ4n) is 3.89. The summed E-state index contributed by atoms with van der Waals surface area (Å²) in [5.74, 6) is -0.268. The summed E-state index contributed by atoms with van der Waals surface area (Å²) in [5, 5.41) is 0. The number of aryl methyl sites for hydroxylation is 1. The van der Waals surface area contributed by atoms with E-state index in [9.17, 15) is 9.18 Å². The van der Waals surface area contributed by atoms with Gasteiger partial charge in [-0.3, -0.25) is 9.69 Å². The number of nitrogens with zero attached hydrogens (tertiary/aromatic N) is 1. The minimum absolute atomic E-state index is 0.00260. The summed E-state index contributed by atoms with van der Waals surface area (Å²) in [6, 6.07) is 13.6. The molecule has 1 unspecified atom stereocenters. The summed E-state index contributed by atoms with van der Waals surface area (Å²) in [4.78, 5) is 14.3. The first-order chi connectivity index (χ1) is 11.8. The van der Waals surface area contributed by atoms with E-state index < -0.39 is 0 Å². The van der Waals surface area contributed by atoms with Crippen LogP contribution >= 0.6 is 0 Å². The second-order valence-corrected chi connectivity index (χ2v) is 7.84. The van der Waals surface area contributed by atoms with Gasteiger partial charge in [0.15, 0.2) is 5.78 Å². The van der Waals surface area contributed by atoms with Crippen LogP contribution < -0.4 is 0 Å². The lowest BCUT2D eigenvalue weighted by molar-refractivity contribution is -0.0142. The van der Waals surface area contributed by atoms with E-state index >= 15 is 0 Å². The van der Waals surface area contributed by atoms with Crippen molar-refractivity contribution in [3.8, 4) is 0 Å². The molecule has 0 aliphatic carbocycles. The summed E-state index contributed by atoms with van der Waals surface area (Å²) >= 11 is 0. The Hall–Kier alpha value is -2.00. The zero-order valence-electron chi connectivity index (χ0n) is 15.5. The number of likely N-dealkylation sites (tertiary alicyclic amines) is 1. The highest BCUT2D eigenvalue weighted by atomic mass is 19.1. The van der Waals surface area contributed by atoms with Gasteiger partial charge in [0.1, 0.15) is 5.82 Å². The number of halogens is 1. The predicted molar refractivity (Wildman–Crippen MR) is 99.4 cm³/mol. The molecule has 3 heteroatoms. The molecule has 1 saturated heterocycles. The number of carbonyl (C=O) groups is 1. The maximum atomic E-state index is 13.6. The SMILES string of the molecule is CC(=O)c1ccc(F)cc1CC1(C)CN(C(C)c2ccc(C)cc2)C1. The molecule has 0 N–H and O–H groups in total. The van der Waals surface area contributed by atoms with Crippen molar-refractivity contribution >= 4 is 5.78 Å². The second kappa shape index (κ2) is 6.72. The van der Waals surface area contributed by atoms with Crippen molar-refractivity contribution < 1.29 is 9.18 Å². The lowest BCUT2D eigenvalue weighted by Gasteiger charge is -2.51. The van der Waals surface area contributed by atoms with Crippen molar-refractivity contribution in [2.45, 2.75) is 40.2 Å². The average Bonchev–Trinajstić information content (AvgIpc) is 2.52. The van der Waals surface area contributed by atoms with Gasteiger partial charge in [-0.05, 0) is 61.9 Å². The van der Waals surface area contributed by atoms with Gasteiger partial charge in [-0.1, -0.05) is 36.8 Å². The van der Waals surface area contributed by atoms with Crippen molar-refractivity contribution in [1.82, 2.24) is 4.90 Å². The first kappa shape index (κ1) is 17.8. The number of rotatable bonds is 5. The van der Waals surface area contributed by atoms with Crippen LogP contribution in [0.15, 0.2) is 42.5 Å². The molecule has 2 aromatic rings. The fraction of sp³-hybridized carbons (Fsp3) is 0.409. The fourth-order valence-corrected chi connectivity index (χ4v) is 3.89. The monoisotopic (exact) mass is 339 g/mol. The Bertz CT molecular complexity index is 775. The highest BCUT2D eigenvalue weighted by Gasteiger charge is 2.41. The van der Waals surface area contributed by atoms with Crippen LogP contribution in [0.5, 0.6) is 0 Å². The molecule has 1 aliphatic heterocycles. The zero-order chi connectivity index (χ0) is 18.2. The zero-order valence-corrected chi connectivity index (χ0v) is 15.5. The van der Waals surface area contributed by atoms with Crippen molar-refractivity contribution in [2.75, 3.05) is 13.1 Å². The summed E-state index contributed by atoms with van der Waals surface area (Å²) in [6.07, 6.45) is 0.733. The van der Waals surface area contributed by atoms with E-state index in [1.165, 1.54) is 23.3 Å². The molecule has 0 spiro atoms. The molecule has 0 radical (unpaired) electrons. The molecule has 2 aromatic carbocycles. The number of ketones is 1. The smallest absolute Gasteiger partial charge is 0.160 e. The Labute approximate surface area is 149 Å². The van der Waals surface area contributed by atoms with Gasteiger partial charge in [0, 0.05) is 24.7 Å². The molecule has 0 saturated carbocycles. The maximum Gasteiger partial charge on any atom is 0.160 e. The predicted octanol–water partition coefficient (Wildman–Crippen LogP) is 4.96. The Morgan fingerprint density at radius 3 is 2.44 bits per heavy atom. The molecule has 0 aromatic heterocycles. The standard InChI is InChI=1S/C22H26FNO/c1-15-5-7-18(8-6-15)16(2)24-13-22(4,14-24)12-19-11-20(23)9-10-21(19)17(3)25/h5-11,16H,12-14H2,1-4H3. The Morgan fingerprint density at radius 1 is 1.20 bits per heavy atom. The highest BCUT2D eigenvalue weighted by molar-refractivity contribution is 5.95. The lowest BCUT2D eigenvalue weighted by atomic mass is 9.74. The van der Waals surface area contributed by atoms with Crippen LogP contribution in [0.25, 0.3) is 0 Å². The first-order valence-corrected chi connectivity index (χ1v) is 8.87. The van der Waals surface area contributed by atoms with E-state index in [1.54, 1.807) is 13.0 Å². The summed E-state index contributed by atoms with van der Waals surface area (Å²) in [7, 11) is 0. The van der Waals surface area contributed by atoms with Crippen molar-refractivity contribution in [2.24, 2.45) is 5.41 Å². The molecular weight excluding hydrogens is 313 g/mol. The molecule has 132 valence electrons. The molecule has 2 nitrogen and oxygen atoms in total. The van der Waals surface area contributed by atoms with Crippen molar-refractivity contribution in [3.05, 3.63) is 70.5 Å². The van der Waals surface area contributed by atoms with Crippen LogP contribution in [0.3, 0.4) is 0 Å². The molecule has 25 heavy (non-hydrogen) atoms. The second-order valence-electron chi connectivity index (χ2n) is 7.84. The van der Waals surface area contributed by atoms with Crippen molar-refractivity contribution in [3.63, 3.8) is 0 Å². The average molecular weight is 339 g/mol. The van der Waals surface area contributed by atoms with E-state index in [0.29, 0.717) is 11.6 Å². The number of Topliss-reactive ketones (excluding diaryl/α,β-unsaturated/α-hetero) is 1. The van der Waals surface area contributed by atoms with Crippen LogP contribution in [0.1, 0.15) is 53.9 Å². The van der Waals surface area contributed by atoms with Crippen LogP contribution in [-0.4, -0.2) is 23.8 Å². The van der Waals surface area contributed by atoms with E-state index in [2.05, 4.69) is 49.9 Å². The van der Waals surface area contributed by atoms with Crippen LogP contribution in [0.4, 0.5) is 4.39 Å². The molecule has 1 aliphatic rings.